The molecule has 168 valence electrons. The number of hydrogen-bond donors (Lipinski definition) is 1. The second-order valence-electron chi connectivity index (χ2n) is 8.06. The minimum atomic E-state index is -0.857. The summed E-state index contributed by atoms with van der Waals surface area (Å²) in [6.07, 6.45) is 1.61. The highest BCUT2D eigenvalue weighted by molar-refractivity contribution is 7.17. The molecule has 0 aliphatic carbocycles. The number of amides is 1. The van der Waals surface area contributed by atoms with Gasteiger partial charge in [0.1, 0.15) is 11.0 Å². The highest BCUT2D eigenvalue weighted by Gasteiger charge is 2.46. The fourth-order valence-corrected chi connectivity index (χ4v) is 5.16. The van der Waals surface area contributed by atoms with Crippen LogP contribution in [0.25, 0.3) is 10.6 Å². The molecule has 1 unspecified atom stereocenters. The van der Waals surface area contributed by atoms with Crippen molar-refractivity contribution in [2.75, 3.05) is 4.90 Å². The summed E-state index contributed by atoms with van der Waals surface area (Å²) in [5.41, 5.74) is 3.50. The number of thiazole rings is 1. The standard InChI is InChI=1S/C27H21N3O3S/c1-16-9-8-12-19(15-16)30-22(20-13-6-7-14-28-20)21(24(32)27(30)33)23(31)25-17(2)29-26(34-25)18-10-4-3-5-11-18/h3-15,22,32H,1-2H3. The maximum atomic E-state index is 13.8. The number of aliphatic hydroxyl groups is 1. The van der Waals surface area contributed by atoms with Crippen molar-refractivity contribution < 1.29 is 14.7 Å². The molecule has 1 amide bonds. The summed E-state index contributed by atoms with van der Waals surface area (Å²) in [6, 6.07) is 21.4. The van der Waals surface area contributed by atoms with Crippen LogP contribution >= 0.6 is 11.3 Å². The Morgan fingerprint density at radius 3 is 2.47 bits per heavy atom. The average Bonchev–Trinajstić information content (AvgIpc) is 3.37. The predicted octanol–water partition coefficient (Wildman–Crippen LogP) is 5.60. The number of benzene rings is 2. The predicted molar refractivity (Wildman–Crippen MR) is 132 cm³/mol. The summed E-state index contributed by atoms with van der Waals surface area (Å²) in [5.74, 6) is -1.61. The van der Waals surface area contributed by atoms with Crippen LogP contribution in [0.2, 0.25) is 0 Å². The molecule has 1 aliphatic heterocycles. The van der Waals surface area contributed by atoms with Crippen molar-refractivity contribution in [3.05, 3.63) is 112 Å². The number of pyridine rings is 1. The van der Waals surface area contributed by atoms with Gasteiger partial charge in [0.2, 0.25) is 5.78 Å². The molecule has 1 N–H and O–H groups in total. The SMILES string of the molecule is Cc1cccc(N2C(=O)C(O)=C(C(=O)c3sc(-c4ccccc4)nc3C)C2c2ccccn2)c1. The Kier molecular flexibility index (Phi) is 5.55. The summed E-state index contributed by atoms with van der Waals surface area (Å²) in [4.78, 5) is 38.0. The summed E-state index contributed by atoms with van der Waals surface area (Å²) in [6.45, 7) is 3.68. The first-order valence-corrected chi connectivity index (χ1v) is 11.6. The number of aliphatic hydroxyl groups excluding tert-OH is 1. The molecule has 5 rings (SSSR count). The summed E-state index contributed by atoms with van der Waals surface area (Å²) >= 11 is 1.25. The maximum Gasteiger partial charge on any atom is 0.294 e. The van der Waals surface area contributed by atoms with Gasteiger partial charge in [-0.25, -0.2) is 4.98 Å². The molecule has 4 aromatic rings. The zero-order valence-electron chi connectivity index (χ0n) is 18.6. The van der Waals surface area contributed by atoms with E-state index in [2.05, 4.69) is 9.97 Å². The van der Waals surface area contributed by atoms with E-state index in [1.54, 1.807) is 37.4 Å². The Hall–Kier alpha value is -4.10. The third-order valence-corrected chi connectivity index (χ3v) is 6.93. The van der Waals surface area contributed by atoms with E-state index in [4.69, 9.17) is 0 Å². The number of rotatable bonds is 5. The van der Waals surface area contributed by atoms with Gasteiger partial charge in [-0.2, -0.15) is 0 Å². The molecule has 7 heteroatoms. The molecule has 0 saturated heterocycles. The molecular weight excluding hydrogens is 446 g/mol. The minimum absolute atomic E-state index is 0.0107. The van der Waals surface area contributed by atoms with Crippen molar-refractivity contribution in [3.8, 4) is 10.6 Å². The number of aromatic nitrogens is 2. The fourth-order valence-electron chi connectivity index (χ4n) is 4.13. The first kappa shape index (κ1) is 21.7. The van der Waals surface area contributed by atoms with Gasteiger partial charge in [-0.15, -0.1) is 11.3 Å². The van der Waals surface area contributed by atoms with Crippen molar-refractivity contribution in [1.29, 1.82) is 0 Å². The molecule has 3 heterocycles. The van der Waals surface area contributed by atoms with Crippen molar-refractivity contribution in [1.82, 2.24) is 9.97 Å². The van der Waals surface area contributed by atoms with Crippen molar-refractivity contribution in [3.63, 3.8) is 0 Å². The number of hydrogen-bond acceptors (Lipinski definition) is 6. The fraction of sp³-hybridized carbons (Fsp3) is 0.111. The second kappa shape index (κ2) is 8.68. The number of Topliss-reactive ketones (excluding diaryl/α,β-unsaturated/α-hetero) is 1. The topological polar surface area (TPSA) is 83.4 Å². The lowest BCUT2D eigenvalue weighted by atomic mass is 9.98. The largest absolute Gasteiger partial charge is 0.503 e. The first-order valence-electron chi connectivity index (χ1n) is 10.8. The number of aryl methyl sites for hydroxylation is 2. The van der Waals surface area contributed by atoms with Crippen LogP contribution in [0.3, 0.4) is 0 Å². The molecule has 2 aromatic heterocycles. The van der Waals surface area contributed by atoms with Crippen molar-refractivity contribution >= 4 is 28.7 Å². The molecule has 0 bridgehead atoms. The number of nitrogens with zero attached hydrogens (tertiary/aromatic N) is 3. The van der Waals surface area contributed by atoms with Gasteiger partial charge in [-0.1, -0.05) is 48.5 Å². The van der Waals surface area contributed by atoms with Gasteiger partial charge in [0.25, 0.3) is 5.91 Å². The van der Waals surface area contributed by atoms with Gasteiger partial charge >= 0.3 is 0 Å². The zero-order chi connectivity index (χ0) is 23.8. The van der Waals surface area contributed by atoms with Crippen LogP contribution in [-0.4, -0.2) is 26.8 Å². The van der Waals surface area contributed by atoms with Crippen molar-refractivity contribution in [2.45, 2.75) is 19.9 Å². The second-order valence-corrected chi connectivity index (χ2v) is 9.06. The Labute approximate surface area is 200 Å². The zero-order valence-corrected chi connectivity index (χ0v) is 19.4. The lowest BCUT2D eigenvalue weighted by Gasteiger charge is -2.26. The Morgan fingerprint density at radius 1 is 1.00 bits per heavy atom. The van der Waals surface area contributed by atoms with Crippen LogP contribution < -0.4 is 4.90 Å². The smallest absolute Gasteiger partial charge is 0.294 e. The van der Waals surface area contributed by atoms with E-state index in [1.165, 1.54) is 16.2 Å². The maximum absolute atomic E-state index is 13.8. The third-order valence-electron chi connectivity index (χ3n) is 5.72. The molecule has 0 radical (unpaired) electrons. The molecule has 0 spiro atoms. The first-order chi connectivity index (χ1) is 16.5. The van der Waals surface area contributed by atoms with Gasteiger partial charge in [0.05, 0.1) is 21.8 Å². The lowest BCUT2D eigenvalue weighted by Crippen LogP contribution is -2.31. The normalized spacial score (nSPS) is 15.8. The number of ketones is 1. The van der Waals surface area contributed by atoms with Crippen LogP contribution in [0.1, 0.15) is 32.7 Å². The van der Waals surface area contributed by atoms with E-state index in [1.807, 2.05) is 55.5 Å². The van der Waals surface area contributed by atoms with Gasteiger partial charge in [-0.05, 0) is 43.7 Å². The van der Waals surface area contributed by atoms with Crippen molar-refractivity contribution in [2.24, 2.45) is 0 Å². The van der Waals surface area contributed by atoms with Gasteiger partial charge in [0.15, 0.2) is 5.76 Å². The highest BCUT2D eigenvalue weighted by atomic mass is 32.1. The van der Waals surface area contributed by atoms with Gasteiger partial charge in [-0.3, -0.25) is 19.5 Å². The van der Waals surface area contributed by atoms with E-state index < -0.39 is 23.5 Å². The molecule has 0 saturated carbocycles. The number of carbonyl (C=O) groups is 2. The quantitative estimate of drug-likeness (QED) is 0.386. The Bertz CT molecular complexity index is 1430. The molecule has 2 aromatic carbocycles. The molecule has 1 aliphatic rings. The number of carbonyl (C=O) groups excluding carboxylic acids is 2. The molecule has 34 heavy (non-hydrogen) atoms. The molecule has 1 atom stereocenters. The summed E-state index contributed by atoms with van der Waals surface area (Å²) in [5, 5.41) is 11.7. The molecule has 6 nitrogen and oxygen atoms in total. The van der Waals surface area contributed by atoms with E-state index in [-0.39, 0.29) is 5.57 Å². The lowest BCUT2D eigenvalue weighted by molar-refractivity contribution is -0.117. The Morgan fingerprint density at radius 2 is 1.76 bits per heavy atom. The van der Waals surface area contributed by atoms with Gasteiger partial charge < -0.3 is 5.11 Å². The average molecular weight is 468 g/mol. The number of anilines is 1. The van der Waals surface area contributed by atoms with E-state index in [9.17, 15) is 14.7 Å². The molecule has 0 fully saturated rings. The van der Waals surface area contributed by atoms with Crippen LogP contribution in [0.5, 0.6) is 0 Å². The van der Waals surface area contributed by atoms with Crippen LogP contribution in [0.15, 0.2) is 90.3 Å². The Balaban J connectivity index is 1.63. The third kappa shape index (κ3) is 3.70. The summed E-state index contributed by atoms with van der Waals surface area (Å²) < 4.78 is 0. The van der Waals surface area contributed by atoms with Crippen LogP contribution in [0.4, 0.5) is 5.69 Å². The summed E-state index contributed by atoms with van der Waals surface area (Å²) in [7, 11) is 0. The van der Waals surface area contributed by atoms with E-state index >= 15 is 0 Å². The highest BCUT2D eigenvalue weighted by Crippen LogP contribution is 2.42. The molecular formula is C27H21N3O3S. The van der Waals surface area contributed by atoms with Crippen LogP contribution in [-0.2, 0) is 4.79 Å². The monoisotopic (exact) mass is 467 g/mol. The van der Waals surface area contributed by atoms with Gasteiger partial charge in [0, 0.05) is 17.4 Å². The minimum Gasteiger partial charge on any atom is -0.503 e. The van der Waals surface area contributed by atoms with E-state index in [0.29, 0.717) is 27.0 Å². The van der Waals surface area contributed by atoms with Crippen LogP contribution in [0, 0.1) is 13.8 Å². The van der Waals surface area contributed by atoms with E-state index in [0.717, 1.165) is 11.1 Å².